The number of nitrogens with one attached hydrogen (secondary N) is 1. The summed E-state index contributed by atoms with van der Waals surface area (Å²) in [6.45, 7) is 4.12. The van der Waals surface area contributed by atoms with E-state index in [1.54, 1.807) is 6.07 Å². The quantitative estimate of drug-likeness (QED) is 0.764. The summed E-state index contributed by atoms with van der Waals surface area (Å²) >= 11 is 3.26. The van der Waals surface area contributed by atoms with Gasteiger partial charge < -0.3 is 14.5 Å². The third kappa shape index (κ3) is 4.35. The van der Waals surface area contributed by atoms with Crippen molar-refractivity contribution in [1.29, 1.82) is 0 Å². The van der Waals surface area contributed by atoms with E-state index in [2.05, 4.69) is 28.2 Å². The van der Waals surface area contributed by atoms with Crippen LogP contribution < -0.4 is 10.1 Å². The molecule has 5 heteroatoms. The summed E-state index contributed by atoms with van der Waals surface area (Å²) in [4.78, 5) is 0. The Bertz CT molecular complexity index is 557. The molecule has 20 heavy (non-hydrogen) atoms. The average Bonchev–Trinajstić information content (AvgIpc) is 2.86. The van der Waals surface area contributed by atoms with Gasteiger partial charge in [0.05, 0.1) is 11.0 Å². The molecule has 1 aromatic heterocycles. The van der Waals surface area contributed by atoms with Gasteiger partial charge in [0.2, 0.25) is 0 Å². The standard InChI is InChI=1S/C15H17BrFNO2/c1-2-7-18-9-12-4-5-13(20-12)10-19-15-6-3-11(17)8-14(15)16/h3-6,8,18H,2,7,9-10H2,1H3. The highest BCUT2D eigenvalue weighted by Crippen LogP contribution is 2.26. The first-order valence-electron chi connectivity index (χ1n) is 6.55. The summed E-state index contributed by atoms with van der Waals surface area (Å²) < 4.78 is 24.8. The van der Waals surface area contributed by atoms with Gasteiger partial charge in [-0.25, -0.2) is 4.39 Å². The molecular weight excluding hydrogens is 325 g/mol. The maximum Gasteiger partial charge on any atom is 0.146 e. The number of halogens is 2. The Morgan fingerprint density at radius 2 is 2.05 bits per heavy atom. The average molecular weight is 342 g/mol. The molecule has 108 valence electrons. The Kier molecular flexibility index (Phi) is 5.61. The fraction of sp³-hybridized carbons (Fsp3) is 0.333. The lowest BCUT2D eigenvalue weighted by Gasteiger charge is -2.06. The van der Waals surface area contributed by atoms with Crippen molar-refractivity contribution in [2.75, 3.05) is 6.54 Å². The second-order valence-corrected chi connectivity index (χ2v) is 5.26. The lowest BCUT2D eigenvalue weighted by atomic mass is 10.3. The van der Waals surface area contributed by atoms with Crippen molar-refractivity contribution in [3.05, 3.63) is 52.1 Å². The summed E-state index contributed by atoms with van der Waals surface area (Å²) in [6.07, 6.45) is 1.09. The minimum atomic E-state index is -0.300. The van der Waals surface area contributed by atoms with Crippen molar-refractivity contribution in [3.63, 3.8) is 0 Å². The lowest BCUT2D eigenvalue weighted by Crippen LogP contribution is -2.13. The molecule has 0 aliphatic carbocycles. The van der Waals surface area contributed by atoms with Gasteiger partial charge in [-0.1, -0.05) is 6.92 Å². The largest absolute Gasteiger partial charge is 0.484 e. The molecule has 0 saturated carbocycles. The van der Waals surface area contributed by atoms with Crippen molar-refractivity contribution < 1.29 is 13.5 Å². The maximum atomic E-state index is 13.0. The molecule has 2 aromatic rings. The number of hydrogen-bond acceptors (Lipinski definition) is 3. The van der Waals surface area contributed by atoms with E-state index in [0.29, 0.717) is 23.4 Å². The Hall–Kier alpha value is -1.33. The van der Waals surface area contributed by atoms with E-state index in [1.807, 2.05) is 12.1 Å². The van der Waals surface area contributed by atoms with Crippen LogP contribution >= 0.6 is 15.9 Å². The van der Waals surface area contributed by atoms with Crippen LogP contribution in [0, 0.1) is 5.82 Å². The van der Waals surface area contributed by atoms with E-state index in [9.17, 15) is 4.39 Å². The molecule has 0 radical (unpaired) electrons. The predicted molar refractivity (Wildman–Crippen MR) is 79.1 cm³/mol. The maximum absolute atomic E-state index is 13.0. The third-order valence-corrected chi connectivity index (χ3v) is 3.33. The second kappa shape index (κ2) is 7.45. The highest BCUT2D eigenvalue weighted by molar-refractivity contribution is 9.10. The van der Waals surface area contributed by atoms with E-state index < -0.39 is 0 Å². The Labute approximate surface area is 126 Å². The number of hydrogen-bond donors (Lipinski definition) is 1. The van der Waals surface area contributed by atoms with Crippen LogP contribution in [0.4, 0.5) is 4.39 Å². The molecule has 0 saturated heterocycles. The lowest BCUT2D eigenvalue weighted by molar-refractivity contribution is 0.263. The molecule has 0 aliphatic heterocycles. The van der Waals surface area contributed by atoms with Gasteiger partial charge in [-0.15, -0.1) is 0 Å². The van der Waals surface area contributed by atoms with Crippen LogP contribution in [0.15, 0.2) is 39.2 Å². The zero-order valence-electron chi connectivity index (χ0n) is 11.3. The Morgan fingerprint density at radius 3 is 2.80 bits per heavy atom. The molecule has 0 fully saturated rings. The highest BCUT2D eigenvalue weighted by atomic mass is 79.9. The zero-order chi connectivity index (χ0) is 14.4. The summed E-state index contributed by atoms with van der Waals surface area (Å²) in [6, 6.07) is 8.15. The predicted octanol–water partition coefficient (Wildman–Crippen LogP) is 4.26. The van der Waals surface area contributed by atoms with E-state index in [0.717, 1.165) is 24.5 Å². The van der Waals surface area contributed by atoms with Crippen LogP contribution in [0.5, 0.6) is 5.75 Å². The van der Waals surface area contributed by atoms with Crippen LogP contribution in [0.2, 0.25) is 0 Å². The zero-order valence-corrected chi connectivity index (χ0v) is 12.9. The van der Waals surface area contributed by atoms with Gasteiger partial charge in [-0.2, -0.15) is 0 Å². The Balaban J connectivity index is 1.87. The molecule has 0 amide bonds. The van der Waals surface area contributed by atoms with Gasteiger partial charge in [-0.3, -0.25) is 0 Å². The molecule has 0 unspecified atom stereocenters. The van der Waals surface area contributed by atoms with Gasteiger partial charge in [0.15, 0.2) is 0 Å². The van der Waals surface area contributed by atoms with Crippen molar-refractivity contribution in [1.82, 2.24) is 5.32 Å². The number of benzene rings is 1. The number of ether oxygens (including phenoxy) is 1. The van der Waals surface area contributed by atoms with E-state index in [-0.39, 0.29) is 5.82 Å². The SMILES string of the molecule is CCCNCc1ccc(COc2ccc(F)cc2Br)o1. The first-order valence-corrected chi connectivity index (χ1v) is 7.34. The van der Waals surface area contributed by atoms with E-state index in [4.69, 9.17) is 9.15 Å². The van der Waals surface area contributed by atoms with Gasteiger partial charge in [0, 0.05) is 0 Å². The van der Waals surface area contributed by atoms with Crippen LogP contribution in [0.1, 0.15) is 24.9 Å². The minimum Gasteiger partial charge on any atom is -0.484 e. The van der Waals surface area contributed by atoms with Crippen LogP contribution in [-0.4, -0.2) is 6.54 Å². The first kappa shape index (κ1) is 15.1. The molecule has 1 heterocycles. The minimum absolute atomic E-state index is 0.300. The van der Waals surface area contributed by atoms with Gasteiger partial charge in [0.1, 0.15) is 29.7 Å². The van der Waals surface area contributed by atoms with E-state index in [1.165, 1.54) is 12.1 Å². The first-order chi connectivity index (χ1) is 9.69. The summed E-state index contributed by atoms with van der Waals surface area (Å²) in [5, 5.41) is 3.27. The molecule has 3 nitrogen and oxygen atoms in total. The fourth-order valence-corrected chi connectivity index (χ4v) is 2.19. The van der Waals surface area contributed by atoms with E-state index >= 15 is 0 Å². The third-order valence-electron chi connectivity index (χ3n) is 2.71. The van der Waals surface area contributed by atoms with Crippen LogP contribution in [0.25, 0.3) is 0 Å². The van der Waals surface area contributed by atoms with Gasteiger partial charge in [-0.05, 0) is 59.2 Å². The van der Waals surface area contributed by atoms with Crippen molar-refractivity contribution >= 4 is 15.9 Å². The van der Waals surface area contributed by atoms with Crippen molar-refractivity contribution in [3.8, 4) is 5.75 Å². The summed E-state index contributed by atoms with van der Waals surface area (Å²) in [5.41, 5.74) is 0. The molecule has 1 N–H and O–H groups in total. The molecule has 1 aromatic carbocycles. The van der Waals surface area contributed by atoms with Crippen molar-refractivity contribution in [2.24, 2.45) is 0 Å². The smallest absolute Gasteiger partial charge is 0.146 e. The second-order valence-electron chi connectivity index (χ2n) is 4.41. The monoisotopic (exact) mass is 341 g/mol. The fourth-order valence-electron chi connectivity index (χ4n) is 1.72. The van der Waals surface area contributed by atoms with Gasteiger partial charge in [0.25, 0.3) is 0 Å². The Morgan fingerprint density at radius 1 is 1.25 bits per heavy atom. The van der Waals surface area contributed by atoms with Gasteiger partial charge >= 0.3 is 0 Å². The van der Waals surface area contributed by atoms with Crippen LogP contribution in [-0.2, 0) is 13.2 Å². The summed E-state index contributed by atoms with van der Waals surface area (Å²) in [5.74, 6) is 1.92. The van der Waals surface area contributed by atoms with Crippen LogP contribution in [0.3, 0.4) is 0 Å². The molecule has 0 aliphatic rings. The highest BCUT2D eigenvalue weighted by Gasteiger charge is 2.06. The molecular formula is C15H17BrFNO2. The number of rotatable bonds is 7. The molecule has 0 spiro atoms. The summed E-state index contributed by atoms with van der Waals surface area (Å²) in [7, 11) is 0. The topological polar surface area (TPSA) is 34.4 Å². The molecule has 0 atom stereocenters. The van der Waals surface area contributed by atoms with Crippen molar-refractivity contribution in [2.45, 2.75) is 26.5 Å². The number of furan rings is 1. The molecule has 0 bridgehead atoms. The molecule has 2 rings (SSSR count). The normalized spacial score (nSPS) is 10.8.